The summed E-state index contributed by atoms with van der Waals surface area (Å²) in [4.78, 5) is 15.5. The minimum atomic E-state index is -0.328. The monoisotopic (exact) mass is 267 g/mol. The van der Waals surface area contributed by atoms with Gasteiger partial charge < -0.3 is 9.63 Å². The number of carbonyl (C=O) groups is 1. The van der Waals surface area contributed by atoms with Crippen LogP contribution in [-0.4, -0.2) is 16.8 Å². The van der Waals surface area contributed by atoms with Gasteiger partial charge in [-0.2, -0.15) is 0 Å². The Hall–Kier alpha value is -1.16. The molecule has 1 aliphatic heterocycles. The molecule has 0 N–H and O–H groups in total. The molecule has 0 radical (unpaired) electrons. The molecule has 0 bridgehead atoms. The number of hydrogen-bond acceptors (Lipinski definition) is 3. The summed E-state index contributed by atoms with van der Waals surface area (Å²) in [5.41, 5.74) is 1.83. The third kappa shape index (κ3) is 2.26. The number of benzene rings is 1. The number of carbonyl (C=O) groups excluding carboxylic acids is 1. The number of hydrogen-bond donors (Lipinski definition) is 0. The van der Waals surface area contributed by atoms with Crippen molar-refractivity contribution in [2.24, 2.45) is 5.16 Å². The molecule has 3 nitrogen and oxygen atoms in total. The van der Waals surface area contributed by atoms with Crippen LogP contribution in [0.4, 0.5) is 0 Å². The molecule has 15 heavy (non-hydrogen) atoms. The molecule has 1 aliphatic rings. The molecule has 2 atom stereocenters. The van der Waals surface area contributed by atoms with Crippen molar-refractivity contribution in [1.82, 2.24) is 0 Å². The SMILES string of the molecule is O=CC(Br)C1=NOC(c2ccccc2)C1. The molecule has 0 saturated heterocycles. The Morgan fingerprint density at radius 3 is 2.87 bits per heavy atom. The summed E-state index contributed by atoms with van der Waals surface area (Å²) in [6.07, 6.45) is 1.43. The highest BCUT2D eigenvalue weighted by atomic mass is 79.9. The molecule has 0 saturated carbocycles. The van der Waals surface area contributed by atoms with Crippen molar-refractivity contribution >= 4 is 27.9 Å². The second kappa shape index (κ2) is 4.57. The maximum absolute atomic E-state index is 10.6. The first-order chi connectivity index (χ1) is 7.31. The zero-order valence-electron chi connectivity index (χ0n) is 7.97. The van der Waals surface area contributed by atoms with E-state index in [4.69, 9.17) is 4.84 Å². The van der Waals surface area contributed by atoms with Gasteiger partial charge in [0.1, 0.15) is 11.1 Å². The molecule has 78 valence electrons. The maximum Gasteiger partial charge on any atom is 0.157 e. The Morgan fingerprint density at radius 2 is 2.20 bits per heavy atom. The summed E-state index contributed by atoms with van der Waals surface area (Å²) < 4.78 is 0. The van der Waals surface area contributed by atoms with Crippen molar-refractivity contribution in [2.45, 2.75) is 17.4 Å². The molecule has 0 aromatic heterocycles. The van der Waals surface area contributed by atoms with Crippen LogP contribution in [-0.2, 0) is 9.63 Å². The van der Waals surface area contributed by atoms with Gasteiger partial charge in [0, 0.05) is 6.42 Å². The molecule has 1 aromatic carbocycles. The van der Waals surface area contributed by atoms with Crippen molar-refractivity contribution in [2.75, 3.05) is 0 Å². The molecule has 2 rings (SSSR count). The Morgan fingerprint density at radius 1 is 1.47 bits per heavy atom. The Bertz CT molecular complexity index is 377. The van der Waals surface area contributed by atoms with Gasteiger partial charge in [0.2, 0.25) is 0 Å². The number of aldehydes is 1. The lowest BCUT2D eigenvalue weighted by atomic mass is 10.0. The summed E-state index contributed by atoms with van der Waals surface area (Å²) in [6, 6.07) is 9.86. The van der Waals surface area contributed by atoms with E-state index in [-0.39, 0.29) is 10.9 Å². The Labute approximate surface area is 96.2 Å². The van der Waals surface area contributed by atoms with Crippen molar-refractivity contribution in [3.8, 4) is 0 Å². The minimum absolute atomic E-state index is 0.0544. The number of oxime groups is 1. The maximum atomic E-state index is 10.6. The number of nitrogens with zero attached hydrogens (tertiary/aromatic N) is 1. The van der Waals surface area contributed by atoms with E-state index < -0.39 is 0 Å². The van der Waals surface area contributed by atoms with Crippen molar-refractivity contribution in [3.05, 3.63) is 35.9 Å². The number of rotatable bonds is 3. The van der Waals surface area contributed by atoms with Crippen LogP contribution in [0.15, 0.2) is 35.5 Å². The van der Waals surface area contributed by atoms with Gasteiger partial charge in [-0.05, 0) is 5.56 Å². The van der Waals surface area contributed by atoms with E-state index in [2.05, 4.69) is 21.1 Å². The van der Waals surface area contributed by atoms with Crippen LogP contribution < -0.4 is 0 Å². The fraction of sp³-hybridized carbons (Fsp3) is 0.273. The van der Waals surface area contributed by atoms with Gasteiger partial charge in [0.05, 0.1) is 5.71 Å². The van der Waals surface area contributed by atoms with Crippen molar-refractivity contribution in [1.29, 1.82) is 0 Å². The molecule has 1 aromatic rings. The van der Waals surface area contributed by atoms with Gasteiger partial charge in [0.15, 0.2) is 6.10 Å². The fourth-order valence-corrected chi connectivity index (χ4v) is 1.75. The van der Waals surface area contributed by atoms with Crippen molar-refractivity contribution < 1.29 is 9.63 Å². The molecule has 2 unspecified atom stereocenters. The first-order valence-corrected chi connectivity index (χ1v) is 5.59. The Balaban J connectivity index is 2.05. The highest BCUT2D eigenvalue weighted by molar-refractivity contribution is 9.10. The third-order valence-electron chi connectivity index (χ3n) is 2.30. The summed E-state index contributed by atoms with van der Waals surface area (Å²) in [5, 5.41) is 3.90. The zero-order chi connectivity index (χ0) is 10.7. The highest BCUT2D eigenvalue weighted by Crippen LogP contribution is 2.28. The second-order valence-corrected chi connectivity index (χ2v) is 4.32. The first-order valence-electron chi connectivity index (χ1n) is 4.68. The van der Waals surface area contributed by atoms with Gasteiger partial charge >= 0.3 is 0 Å². The average Bonchev–Trinajstić information content (AvgIpc) is 2.78. The lowest BCUT2D eigenvalue weighted by Gasteiger charge is -2.07. The van der Waals surface area contributed by atoms with Gasteiger partial charge in [-0.1, -0.05) is 51.4 Å². The minimum Gasteiger partial charge on any atom is -0.387 e. The van der Waals surface area contributed by atoms with Crippen LogP contribution in [0.1, 0.15) is 18.1 Å². The molecule has 1 heterocycles. The van der Waals surface area contributed by atoms with Gasteiger partial charge in [0.25, 0.3) is 0 Å². The van der Waals surface area contributed by atoms with Crippen LogP contribution in [0, 0.1) is 0 Å². The second-order valence-electron chi connectivity index (χ2n) is 3.33. The third-order valence-corrected chi connectivity index (χ3v) is 3.05. The number of alkyl halides is 1. The summed E-state index contributed by atoms with van der Waals surface area (Å²) in [6.45, 7) is 0. The van der Waals surface area contributed by atoms with E-state index in [9.17, 15) is 4.79 Å². The van der Waals surface area contributed by atoms with Crippen LogP contribution in [0.5, 0.6) is 0 Å². The van der Waals surface area contributed by atoms with E-state index >= 15 is 0 Å². The van der Waals surface area contributed by atoms with Crippen LogP contribution in [0.25, 0.3) is 0 Å². The predicted molar refractivity (Wildman–Crippen MR) is 61.1 cm³/mol. The van der Waals surface area contributed by atoms with E-state index in [1.165, 1.54) is 0 Å². The van der Waals surface area contributed by atoms with Gasteiger partial charge in [-0.3, -0.25) is 0 Å². The van der Waals surface area contributed by atoms with Crippen LogP contribution in [0.2, 0.25) is 0 Å². The highest BCUT2D eigenvalue weighted by Gasteiger charge is 2.26. The topological polar surface area (TPSA) is 38.7 Å². The van der Waals surface area contributed by atoms with E-state index in [0.29, 0.717) is 6.42 Å². The molecular formula is C11H10BrNO2. The summed E-state index contributed by atoms with van der Waals surface area (Å²) >= 11 is 3.22. The normalized spacial score (nSPS) is 21.7. The lowest BCUT2D eigenvalue weighted by molar-refractivity contribution is -0.106. The molecule has 0 aliphatic carbocycles. The smallest absolute Gasteiger partial charge is 0.157 e. The summed E-state index contributed by atoms with van der Waals surface area (Å²) in [7, 11) is 0. The van der Waals surface area contributed by atoms with Gasteiger partial charge in [-0.15, -0.1) is 0 Å². The zero-order valence-corrected chi connectivity index (χ0v) is 9.55. The fourth-order valence-electron chi connectivity index (χ4n) is 1.48. The lowest BCUT2D eigenvalue weighted by Crippen LogP contribution is -2.13. The van der Waals surface area contributed by atoms with Crippen molar-refractivity contribution in [3.63, 3.8) is 0 Å². The van der Waals surface area contributed by atoms with Crippen LogP contribution >= 0.6 is 15.9 Å². The van der Waals surface area contributed by atoms with Crippen LogP contribution in [0.3, 0.4) is 0 Å². The standard InChI is InChI=1S/C11H10BrNO2/c12-9(7-14)10-6-11(15-13-10)8-4-2-1-3-5-8/h1-5,7,9,11H,6H2. The van der Waals surface area contributed by atoms with E-state index in [1.807, 2.05) is 30.3 Å². The average molecular weight is 268 g/mol. The predicted octanol–water partition coefficient (Wildman–Crippen LogP) is 2.47. The van der Waals surface area contributed by atoms with E-state index in [1.54, 1.807) is 0 Å². The van der Waals surface area contributed by atoms with E-state index in [0.717, 1.165) is 17.6 Å². The molecular weight excluding hydrogens is 258 g/mol. The summed E-state index contributed by atoms with van der Waals surface area (Å²) in [5.74, 6) is 0. The van der Waals surface area contributed by atoms with Gasteiger partial charge in [-0.25, -0.2) is 0 Å². The quantitative estimate of drug-likeness (QED) is 0.624. The number of halogens is 1. The molecule has 4 heteroatoms. The largest absolute Gasteiger partial charge is 0.387 e. The molecule has 0 fully saturated rings. The molecule has 0 amide bonds. The Kier molecular flexibility index (Phi) is 3.16. The molecule has 0 spiro atoms. The first kappa shape index (κ1) is 10.4.